The number of ether oxygens (including phenoxy) is 1. The second-order valence-corrected chi connectivity index (χ2v) is 11.3. The molecule has 12 heteroatoms. The molecular formula is C29H27BrClN5O5. The van der Waals surface area contributed by atoms with Crippen molar-refractivity contribution in [1.82, 2.24) is 15.1 Å². The predicted molar refractivity (Wildman–Crippen MR) is 158 cm³/mol. The number of halogens is 2. The van der Waals surface area contributed by atoms with Crippen molar-refractivity contribution in [2.45, 2.75) is 32.0 Å². The Bertz CT molecular complexity index is 1510. The Morgan fingerprint density at radius 3 is 2.44 bits per heavy atom. The molecule has 1 N–H and O–H groups in total. The van der Waals surface area contributed by atoms with E-state index in [1.807, 2.05) is 50.2 Å². The summed E-state index contributed by atoms with van der Waals surface area (Å²) in [6.45, 7) is 4.17. The highest BCUT2D eigenvalue weighted by molar-refractivity contribution is 9.10. The summed E-state index contributed by atoms with van der Waals surface area (Å²) in [5.41, 5.74) is 1.92. The second kappa shape index (κ2) is 11.9. The van der Waals surface area contributed by atoms with Crippen LogP contribution in [0.25, 0.3) is 0 Å². The molecule has 0 bridgehead atoms. The first kappa shape index (κ1) is 28.6. The van der Waals surface area contributed by atoms with Crippen molar-refractivity contribution in [2.75, 3.05) is 19.6 Å². The highest BCUT2D eigenvalue weighted by Crippen LogP contribution is 2.46. The molecule has 2 heterocycles. The van der Waals surface area contributed by atoms with E-state index in [0.29, 0.717) is 29.5 Å². The largest absolute Gasteiger partial charge is 0.490 e. The summed E-state index contributed by atoms with van der Waals surface area (Å²) in [7, 11) is 0. The van der Waals surface area contributed by atoms with E-state index in [9.17, 15) is 19.7 Å². The van der Waals surface area contributed by atoms with Gasteiger partial charge in [-0.05, 0) is 55.3 Å². The molecule has 10 nitrogen and oxygen atoms in total. The van der Waals surface area contributed by atoms with Gasteiger partial charge in [-0.15, -0.1) is 0 Å². The third-order valence-corrected chi connectivity index (χ3v) is 7.57. The number of nitrogens with one attached hydrogen (secondary N) is 1. The van der Waals surface area contributed by atoms with Gasteiger partial charge in [-0.2, -0.15) is 0 Å². The number of benzene rings is 3. The van der Waals surface area contributed by atoms with E-state index in [1.54, 1.807) is 23.1 Å². The Morgan fingerprint density at radius 1 is 1.12 bits per heavy atom. The molecule has 0 radical (unpaired) electrons. The maximum absolute atomic E-state index is 14.3. The summed E-state index contributed by atoms with van der Waals surface area (Å²) in [6.07, 6.45) is -0.304. The lowest BCUT2D eigenvalue weighted by Gasteiger charge is -2.35. The van der Waals surface area contributed by atoms with Crippen molar-refractivity contribution in [3.05, 3.63) is 103 Å². The molecule has 0 spiro atoms. The summed E-state index contributed by atoms with van der Waals surface area (Å²) >= 11 is 9.70. The number of rotatable bonds is 6. The Labute approximate surface area is 250 Å². The highest BCUT2D eigenvalue weighted by Gasteiger charge is 2.45. The third kappa shape index (κ3) is 6.06. The Balaban J connectivity index is 1.72. The molecule has 0 unspecified atom stereocenters. The molecule has 1 fully saturated rings. The number of carbonyl (C=O) groups is 2. The van der Waals surface area contributed by atoms with Crippen molar-refractivity contribution >= 4 is 51.0 Å². The fourth-order valence-electron chi connectivity index (χ4n) is 4.97. The molecule has 0 aromatic heterocycles. The number of non-ortho nitro benzene ring substituents is 1. The number of nitro benzene ring substituents is 1. The van der Waals surface area contributed by atoms with E-state index >= 15 is 0 Å². The number of hydrogen-bond donors (Lipinski definition) is 1. The van der Waals surface area contributed by atoms with E-state index in [-0.39, 0.29) is 30.0 Å². The fourth-order valence-corrected chi connectivity index (χ4v) is 5.36. The number of amidine groups is 1. The van der Waals surface area contributed by atoms with Crippen LogP contribution in [-0.2, 0) is 4.79 Å². The van der Waals surface area contributed by atoms with Crippen LogP contribution in [0.2, 0.25) is 5.02 Å². The number of piperazine rings is 1. The van der Waals surface area contributed by atoms with Crippen LogP contribution in [0.5, 0.6) is 5.75 Å². The first-order valence-corrected chi connectivity index (χ1v) is 14.2. The Kier molecular flexibility index (Phi) is 8.27. The molecule has 2 atom stereocenters. The Hall–Kier alpha value is -3.96. The normalized spacial score (nSPS) is 18.8. The molecule has 3 aromatic carbocycles. The molecule has 2 aliphatic rings. The van der Waals surface area contributed by atoms with E-state index in [2.05, 4.69) is 21.2 Å². The van der Waals surface area contributed by atoms with Gasteiger partial charge in [-0.25, -0.2) is 4.79 Å². The zero-order chi connectivity index (χ0) is 29.3. The summed E-state index contributed by atoms with van der Waals surface area (Å²) in [6, 6.07) is 17.6. The molecule has 0 saturated carbocycles. The lowest BCUT2D eigenvalue weighted by molar-refractivity contribution is -0.384. The number of hydrogen-bond acceptors (Lipinski definition) is 6. The lowest BCUT2D eigenvalue weighted by Crippen LogP contribution is -2.55. The van der Waals surface area contributed by atoms with Crippen LogP contribution in [0.15, 0.2) is 76.2 Å². The smallest absolute Gasteiger partial charge is 0.326 e. The standard InChI is InChI=1S/C29H27BrClN5O5/c1-17(2)41-24-15-22(36(39)40)11-12-23(24)28-33-26(18-3-7-20(30)8-4-18)27(19-5-9-21(31)10-6-19)35(28)29(38)34-14-13-32-25(37)16-34/h3-12,15,17,26-27H,13-14,16H2,1-2H3,(H,32,37)/t26-,27+/m0/s1. The number of carbonyl (C=O) groups excluding carboxylic acids is 2. The molecule has 212 valence electrons. The SMILES string of the molecule is CC(C)Oc1cc([N+](=O)[O-])ccc1C1=N[C@@H](c2ccc(Br)cc2)[C@@H](c2ccc(Cl)cc2)N1C(=O)N1CCNC(=O)C1. The number of nitro groups is 1. The van der Waals surface area contributed by atoms with Gasteiger partial charge in [-0.1, -0.05) is 51.8 Å². The third-order valence-electron chi connectivity index (χ3n) is 6.78. The van der Waals surface area contributed by atoms with E-state index in [0.717, 1.165) is 15.6 Å². The van der Waals surface area contributed by atoms with Gasteiger partial charge in [-0.3, -0.25) is 24.8 Å². The number of urea groups is 1. The van der Waals surface area contributed by atoms with Crippen LogP contribution in [0, 0.1) is 10.1 Å². The van der Waals surface area contributed by atoms with Gasteiger partial charge in [0, 0.05) is 28.7 Å². The minimum Gasteiger partial charge on any atom is -0.490 e. The molecule has 0 aliphatic carbocycles. The summed E-state index contributed by atoms with van der Waals surface area (Å²) in [4.78, 5) is 45.9. The van der Waals surface area contributed by atoms with E-state index in [4.69, 9.17) is 21.3 Å². The fraction of sp³-hybridized carbons (Fsp3) is 0.276. The zero-order valence-corrected chi connectivity index (χ0v) is 24.6. The van der Waals surface area contributed by atoms with E-state index in [1.165, 1.54) is 17.0 Å². The van der Waals surface area contributed by atoms with Crippen LogP contribution in [0.4, 0.5) is 10.5 Å². The minimum atomic E-state index is -0.608. The molecule has 3 aromatic rings. The van der Waals surface area contributed by atoms with Gasteiger partial charge in [0.25, 0.3) is 5.69 Å². The van der Waals surface area contributed by atoms with Crippen LogP contribution in [0.3, 0.4) is 0 Å². The van der Waals surface area contributed by atoms with Gasteiger partial charge in [0.05, 0.1) is 28.7 Å². The molecule has 41 heavy (non-hydrogen) atoms. The maximum Gasteiger partial charge on any atom is 0.326 e. The van der Waals surface area contributed by atoms with Gasteiger partial charge in [0.2, 0.25) is 5.91 Å². The van der Waals surface area contributed by atoms with Crippen LogP contribution in [-0.4, -0.2) is 58.2 Å². The van der Waals surface area contributed by atoms with Gasteiger partial charge >= 0.3 is 6.03 Å². The number of aliphatic imine (C=N–C) groups is 1. The predicted octanol–water partition coefficient (Wildman–Crippen LogP) is 5.89. The average molecular weight is 641 g/mol. The van der Waals surface area contributed by atoms with Crippen molar-refractivity contribution < 1.29 is 19.2 Å². The maximum atomic E-state index is 14.3. The van der Waals surface area contributed by atoms with Crippen molar-refractivity contribution in [3.8, 4) is 5.75 Å². The van der Waals surface area contributed by atoms with Crippen LogP contribution >= 0.6 is 27.5 Å². The van der Waals surface area contributed by atoms with Crippen molar-refractivity contribution in [3.63, 3.8) is 0 Å². The zero-order valence-electron chi connectivity index (χ0n) is 22.3. The van der Waals surface area contributed by atoms with Crippen LogP contribution in [0.1, 0.15) is 42.6 Å². The first-order chi connectivity index (χ1) is 19.6. The molecule has 5 rings (SSSR count). The average Bonchev–Trinajstić information content (AvgIpc) is 3.33. The second-order valence-electron chi connectivity index (χ2n) is 9.97. The summed E-state index contributed by atoms with van der Waals surface area (Å²) in [5, 5.41) is 14.9. The molecule has 2 aliphatic heterocycles. The van der Waals surface area contributed by atoms with E-state index < -0.39 is 23.0 Å². The highest BCUT2D eigenvalue weighted by atomic mass is 79.9. The summed E-state index contributed by atoms with van der Waals surface area (Å²) in [5.74, 6) is 0.266. The van der Waals surface area contributed by atoms with Gasteiger partial charge in [0.15, 0.2) is 0 Å². The molecule has 3 amide bonds. The lowest BCUT2D eigenvalue weighted by atomic mass is 9.93. The topological polar surface area (TPSA) is 117 Å². The Morgan fingerprint density at radius 2 is 1.80 bits per heavy atom. The van der Waals surface area contributed by atoms with Gasteiger partial charge in [0.1, 0.15) is 24.2 Å². The number of amides is 3. The van der Waals surface area contributed by atoms with Crippen molar-refractivity contribution in [2.24, 2.45) is 4.99 Å². The molecule has 1 saturated heterocycles. The number of nitrogens with zero attached hydrogens (tertiary/aromatic N) is 4. The monoisotopic (exact) mass is 639 g/mol. The quantitative estimate of drug-likeness (QED) is 0.266. The van der Waals surface area contributed by atoms with Crippen molar-refractivity contribution in [1.29, 1.82) is 0 Å². The minimum absolute atomic E-state index is 0.103. The van der Waals surface area contributed by atoms with Crippen LogP contribution < -0.4 is 10.1 Å². The first-order valence-electron chi connectivity index (χ1n) is 13.0. The van der Waals surface area contributed by atoms with Gasteiger partial charge < -0.3 is 15.0 Å². The summed E-state index contributed by atoms with van der Waals surface area (Å²) < 4.78 is 6.92. The molecular weight excluding hydrogens is 614 g/mol.